The largest absolute Gasteiger partial charge is 0.368 e. The van der Waals surface area contributed by atoms with Crippen molar-refractivity contribution in [3.8, 4) is 0 Å². The van der Waals surface area contributed by atoms with Crippen LogP contribution in [0.1, 0.15) is 43.1 Å². The van der Waals surface area contributed by atoms with Crippen LogP contribution in [-0.2, 0) is 16.4 Å². The van der Waals surface area contributed by atoms with Gasteiger partial charge in [-0.05, 0) is 55.7 Å². The third-order valence-corrected chi connectivity index (χ3v) is 6.98. The van der Waals surface area contributed by atoms with Crippen LogP contribution in [0.25, 0.3) is 0 Å². The molecule has 1 saturated heterocycles. The average Bonchev–Trinajstić information content (AvgIpc) is 2.79. The van der Waals surface area contributed by atoms with Gasteiger partial charge in [0.25, 0.3) is 15.9 Å². The number of amides is 1. The van der Waals surface area contributed by atoms with Crippen LogP contribution < -0.4 is 20.3 Å². The molecule has 168 valence electrons. The molecule has 31 heavy (non-hydrogen) atoms. The SMILES string of the molecule is CCc1ccc(S(=O)(=O)Nc2ccc(N3CCNCC3)c(C(=O)NC(C)CC)c2)cc1. The second-order valence-corrected chi connectivity index (χ2v) is 9.54. The summed E-state index contributed by atoms with van der Waals surface area (Å²) in [5.41, 5.74) is 2.73. The number of nitrogens with one attached hydrogen (secondary N) is 3. The van der Waals surface area contributed by atoms with E-state index < -0.39 is 10.0 Å². The van der Waals surface area contributed by atoms with Crippen LogP contribution in [-0.4, -0.2) is 46.5 Å². The van der Waals surface area contributed by atoms with Crippen molar-refractivity contribution in [3.05, 3.63) is 53.6 Å². The molecule has 2 aromatic rings. The molecule has 0 bridgehead atoms. The van der Waals surface area contributed by atoms with E-state index in [4.69, 9.17) is 0 Å². The fourth-order valence-corrected chi connectivity index (χ4v) is 4.53. The molecule has 7 nitrogen and oxygen atoms in total. The van der Waals surface area contributed by atoms with E-state index in [9.17, 15) is 13.2 Å². The lowest BCUT2D eigenvalue weighted by Crippen LogP contribution is -2.44. The summed E-state index contributed by atoms with van der Waals surface area (Å²) in [7, 11) is -3.75. The fourth-order valence-electron chi connectivity index (χ4n) is 3.48. The van der Waals surface area contributed by atoms with E-state index >= 15 is 0 Å². The van der Waals surface area contributed by atoms with E-state index in [1.54, 1.807) is 24.3 Å². The molecule has 1 fully saturated rings. The number of sulfonamides is 1. The van der Waals surface area contributed by atoms with Crippen LogP contribution in [0.5, 0.6) is 0 Å². The molecule has 3 rings (SSSR count). The number of piperazine rings is 1. The maximum Gasteiger partial charge on any atom is 0.261 e. The van der Waals surface area contributed by atoms with Gasteiger partial charge in [-0.1, -0.05) is 26.0 Å². The van der Waals surface area contributed by atoms with Gasteiger partial charge in [0.2, 0.25) is 0 Å². The number of carbonyl (C=O) groups is 1. The van der Waals surface area contributed by atoms with Crippen LogP contribution in [0.15, 0.2) is 47.4 Å². The first-order chi connectivity index (χ1) is 14.8. The summed E-state index contributed by atoms with van der Waals surface area (Å²) in [5, 5.41) is 6.31. The standard InChI is InChI=1S/C23H32N4O3S/c1-4-17(3)25-23(28)21-16-19(8-11-22(21)27-14-12-24-13-15-27)26-31(29,30)20-9-6-18(5-2)7-10-20/h6-11,16-17,24,26H,4-5,12-15H2,1-3H3,(H,25,28). The van der Waals surface area contributed by atoms with Gasteiger partial charge in [-0.2, -0.15) is 0 Å². The molecular formula is C23H32N4O3S. The highest BCUT2D eigenvalue weighted by Gasteiger charge is 2.21. The molecule has 1 heterocycles. The summed E-state index contributed by atoms with van der Waals surface area (Å²) in [4.78, 5) is 15.4. The number of benzene rings is 2. The van der Waals surface area contributed by atoms with Crippen LogP contribution in [0, 0.1) is 0 Å². The Labute approximate surface area is 185 Å². The second kappa shape index (κ2) is 10.2. The van der Waals surface area contributed by atoms with Gasteiger partial charge in [0.15, 0.2) is 0 Å². The van der Waals surface area contributed by atoms with Gasteiger partial charge in [0, 0.05) is 43.6 Å². The minimum absolute atomic E-state index is 0.0285. The first kappa shape index (κ1) is 23.1. The van der Waals surface area contributed by atoms with Crippen LogP contribution in [0.3, 0.4) is 0 Å². The van der Waals surface area contributed by atoms with Gasteiger partial charge < -0.3 is 15.5 Å². The van der Waals surface area contributed by atoms with Crippen molar-refractivity contribution >= 4 is 27.3 Å². The molecule has 0 saturated carbocycles. The van der Waals surface area contributed by atoms with Crippen molar-refractivity contribution in [1.29, 1.82) is 0 Å². The van der Waals surface area contributed by atoms with Crippen molar-refractivity contribution in [2.24, 2.45) is 0 Å². The number of anilines is 2. The molecule has 2 aromatic carbocycles. The quantitative estimate of drug-likeness (QED) is 0.582. The third-order valence-electron chi connectivity index (χ3n) is 5.58. The molecule has 0 spiro atoms. The molecule has 3 N–H and O–H groups in total. The van der Waals surface area contributed by atoms with Crippen LogP contribution in [0.2, 0.25) is 0 Å². The minimum Gasteiger partial charge on any atom is -0.368 e. The van der Waals surface area contributed by atoms with E-state index in [1.807, 2.05) is 39.0 Å². The Balaban J connectivity index is 1.91. The van der Waals surface area contributed by atoms with Gasteiger partial charge in [-0.15, -0.1) is 0 Å². The minimum atomic E-state index is -3.75. The molecule has 8 heteroatoms. The highest BCUT2D eigenvalue weighted by Crippen LogP contribution is 2.27. The van der Waals surface area contributed by atoms with Gasteiger partial charge in [-0.25, -0.2) is 8.42 Å². The number of hydrogen-bond acceptors (Lipinski definition) is 5. The first-order valence-corrected chi connectivity index (χ1v) is 12.3. The second-order valence-electron chi connectivity index (χ2n) is 7.85. The van der Waals surface area contributed by atoms with Crippen molar-refractivity contribution in [1.82, 2.24) is 10.6 Å². The fraction of sp³-hybridized carbons (Fsp3) is 0.435. The Morgan fingerprint density at radius 2 is 1.77 bits per heavy atom. The zero-order chi connectivity index (χ0) is 22.4. The zero-order valence-electron chi connectivity index (χ0n) is 18.4. The molecule has 1 aliphatic heterocycles. The molecule has 0 aliphatic carbocycles. The van der Waals surface area contributed by atoms with E-state index in [0.717, 1.165) is 50.3 Å². The monoisotopic (exact) mass is 444 g/mol. The molecule has 1 unspecified atom stereocenters. The summed E-state index contributed by atoms with van der Waals surface area (Å²) < 4.78 is 28.4. The summed E-state index contributed by atoms with van der Waals surface area (Å²) in [5.74, 6) is -0.198. The van der Waals surface area contributed by atoms with E-state index in [2.05, 4.69) is 20.3 Å². The third kappa shape index (κ3) is 5.77. The topological polar surface area (TPSA) is 90.5 Å². The van der Waals surface area contributed by atoms with Gasteiger partial charge >= 0.3 is 0 Å². The number of nitrogens with zero attached hydrogens (tertiary/aromatic N) is 1. The smallest absolute Gasteiger partial charge is 0.261 e. The Kier molecular flexibility index (Phi) is 7.56. The van der Waals surface area contributed by atoms with E-state index in [-0.39, 0.29) is 16.8 Å². The summed E-state index contributed by atoms with van der Waals surface area (Å²) >= 11 is 0. The molecule has 1 amide bonds. The maximum absolute atomic E-state index is 13.0. The van der Waals surface area contributed by atoms with E-state index in [1.165, 1.54) is 0 Å². The molecule has 1 atom stereocenters. The summed E-state index contributed by atoms with van der Waals surface area (Å²) in [6, 6.07) is 12.0. The highest BCUT2D eigenvalue weighted by atomic mass is 32.2. The lowest BCUT2D eigenvalue weighted by molar-refractivity contribution is 0.0939. The van der Waals surface area contributed by atoms with Crippen molar-refractivity contribution in [2.45, 2.75) is 44.6 Å². The highest BCUT2D eigenvalue weighted by molar-refractivity contribution is 7.92. The summed E-state index contributed by atoms with van der Waals surface area (Å²) in [6.45, 7) is 9.25. The molecule has 0 radical (unpaired) electrons. The maximum atomic E-state index is 13.0. The van der Waals surface area contributed by atoms with E-state index in [0.29, 0.717) is 11.3 Å². The Morgan fingerprint density at radius 3 is 2.39 bits per heavy atom. The Hall–Kier alpha value is -2.58. The zero-order valence-corrected chi connectivity index (χ0v) is 19.3. The molecule has 0 aromatic heterocycles. The Bertz CT molecular complexity index is 1000. The normalized spacial score (nSPS) is 15.4. The van der Waals surface area contributed by atoms with Gasteiger partial charge in [0.1, 0.15) is 0 Å². The predicted octanol–water partition coefficient (Wildman–Crippen LogP) is 2.99. The molecular weight excluding hydrogens is 412 g/mol. The predicted molar refractivity (Wildman–Crippen MR) is 125 cm³/mol. The van der Waals surface area contributed by atoms with Gasteiger partial charge in [-0.3, -0.25) is 9.52 Å². The lowest BCUT2D eigenvalue weighted by atomic mass is 10.1. The summed E-state index contributed by atoms with van der Waals surface area (Å²) in [6.07, 6.45) is 1.66. The number of carbonyl (C=O) groups excluding carboxylic acids is 1. The first-order valence-electron chi connectivity index (χ1n) is 10.9. The number of aryl methyl sites for hydroxylation is 1. The van der Waals surface area contributed by atoms with Crippen LogP contribution >= 0.6 is 0 Å². The van der Waals surface area contributed by atoms with Crippen molar-refractivity contribution < 1.29 is 13.2 Å². The number of hydrogen-bond donors (Lipinski definition) is 3. The average molecular weight is 445 g/mol. The van der Waals surface area contributed by atoms with Crippen molar-refractivity contribution in [3.63, 3.8) is 0 Å². The number of rotatable bonds is 8. The van der Waals surface area contributed by atoms with Gasteiger partial charge in [0.05, 0.1) is 10.5 Å². The Morgan fingerprint density at radius 1 is 1.10 bits per heavy atom. The van der Waals surface area contributed by atoms with Crippen molar-refractivity contribution in [2.75, 3.05) is 35.8 Å². The molecule has 1 aliphatic rings. The lowest BCUT2D eigenvalue weighted by Gasteiger charge is -2.31. The van der Waals surface area contributed by atoms with Crippen LogP contribution in [0.4, 0.5) is 11.4 Å².